The van der Waals surface area contributed by atoms with Gasteiger partial charge in [-0.05, 0) is 54.8 Å². The quantitative estimate of drug-likeness (QED) is 0.582. The van der Waals surface area contributed by atoms with E-state index in [1.807, 2.05) is 26.2 Å². The number of hydrazine groups is 1. The van der Waals surface area contributed by atoms with Crippen LogP contribution in [0, 0.1) is 5.92 Å². The summed E-state index contributed by atoms with van der Waals surface area (Å²) in [7, 11) is 5.72. The fourth-order valence-corrected chi connectivity index (χ4v) is 3.51. The van der Waals surface area contributed by atoms with Crippen LogP contribution in [0.25, 0.3) is 0 Å². The Morgan fingerprint density at radius 3 is 2.43 bits per heavy atom. The minimum atomic E-state index is -0.0482. The van der Waals surface area contributed by atoms with Crippen molar-refractivity contribution >= 4 is 11.6 Å². The van der Waals surface area contributed by atoms with Gasteiger partial charge in [0.2, 0.25) is 5.91 Å². The molecule has 0 aromatic heterocycles. The summed E-state index contributed by atoms with van der Waals surface area (Å²) in [6.45, 7) is 1.69. The number of nitrogens with zero attached hydrogens (tertiary/aromatic N) is 1. The van der Waals surface area contributed by atoms with Crippen LogP contribution in [0.2, 0.25) is 0 Å². The molecule has 150 valence electrons. The zero-order valence-electron chi connectivity index (χ0n) is 16.9. The van der Waals surface area contributed by atoms with Gasteiger partial charge in [0.15, 0.2) is 0 Å². The predicted octanol–water partition coefficient (Wildman–Crippen LogP) is 2.62. The highest BCUT2D eigenvalue weighted by molar-refractivity contribution is 5.81. The maximum atomic E-state index is 12.3. The van der Waals surface area contributed by atoms with Gasteiger partial charge in [-0.15, -0.1) is 0 Å². The lowest BCUT2D eigenvalue weighted by Crippen LogP contribution is -2.27. The molecule has 2 aromatic carbocycles. The van der Waals surface area contributed by atoms with Gasteiger partial charge in [0, 0.05) is 26.3 Å². The molecule has 0 aliphatic carbocycles. The summed E-state index contributed by atoms with van der Waals surface area (Å²) in [5, 5.41) is 3.45. The van der Waals surface area contributed by atoms with Crippen molar-refractivity contribution in [3.8, 4) is 5.75 Å². The number of methoxy groups -OCH3 is 1. The maximum absolute atomic E-state index is 12.3. The molecule has 1 aliphatic heterocycles. The molecule has 0 radical (unpaired) electrons. The van der Waals surface area contributed by atoms with Gasteiger partial charge in [0.1, 0.15) is 5.75 Å². The lowest BCUT2D eigenvalue weighted by molar-refractivity contribution is -0.123. The fraction of sp³-hybridized carbons (Fsp3) is 0.409. The minimum absolute atomic E-state index is 0.0188. The van der Waals surface area contributed by atoms with E-state index in [4.69, 9.17) is 4.74 Å². The van der Waals surface area contributed by atoms with Crippen LogP contribution in [0.3, 0.4) is 0 Å². The van der Waals surface area contributed by atoms with Crippen molar-refractivity contribution in [1.29, 1.82) is 0 Å². The Hall–Kier alpha value is -2.57. The first kappa shape index (κ1) is 20.2. The Morgan fingerprint density at radius 2 is 1.79 bits per heavy atom. The SMILES string of the molecule is COc1ccc(CNCCCC2C(=O)NNC2c2ccc(N(C)C)cc2)cc1. The molecule has 1 aliphatic rings. The first-order valence-electron chi connectivity index (χ1n) is 9.75. The summed E-state index contributed by atoms with van der Waals surface area (Å²) in [6.07, 6.45) is 1.79. The number of carbonyl (C=O) groups is 1. The molecule has 1 fully saturated rings. The third-order valence-electron chi connectivity index (χ3n) is 5.22. The largest absolute Gasteiger partial charge is 0.497 e. The van der Waals surface area contributed by atoms with E-state index in [0.29, 0.717) is 0 Å². The van der Waals surface area contributed by atoms with Gasteiger partial charge >= 0.3 is 0 Å². The highest BCUT2D eigenvalue weighted by Gasteiger charge is 2.34. The van der Waals surface area contributed by atoms with Crippen LogP contribution in [0.1, 0.15) is 30.0 Å². The van der Waals surface area contributed by atoms with E-state index in [-0.39, 0.29) is 17.9 Å². The normalized spacial score (nSPS) is 18.8. The molecule has 1 heterocycles. The maximum Gasteiger partial charge on any atom is 0.239 e. The van der Waals surface area contributed by atoms with Crippen molar-refractivity contribution in [2.75, 3.05) is 32.6 Å². The van der Waals surface area contributed by atoms with E-state index in [2.05, 4.69) is 57.5 Å². The van der Waals surface area contributed by atoms with Gasteiger partial charge in [-0.25, -0.2) is 5.43 Å². The molecule has 3 rings (SSSR count). The van der Waals surface area contributed by atoms with Gasteiger partial charge < -0.3 is 15.0 Å². The topological polar surface area (TPSA) is 65.6 Å². The lowest BCUT2D eigenvalue weighted by Gasteiger charge is -2.19. The van der Waals surface area contributed by atoms with Gasteiger partial charge in [-0.1, -0.05) is 24.3 Å². The lowest BCUT2D eigenvalue weighted by atomic mass is 9.90. The number of hydrogen-bond acceptors (Lipinski definition) is 5. The zero-order chi connectivity index (χ0) is 19.9. The number of benzene rings is 2. The van der Waals surface area contributed by atoms with Crippen molar-refractivity contribution in [3.05, 3.63) is 59.7 Å². The molecule has 2 unspecified atom stereocenters. The van der Waals surface area contributed by atoms with Crippen LogP contribution in [-0.2, 0) is 11.3 Å². The van der Waals surface area contributed by atoms with E-state index in [1.54, 1.807) is 7.11 Å². The average Bonchev–Trinajstić information content (AvgIpc) is 3.08. The van der Waals surface area contributed by atoms with E-state index < -0.39 is 0 Å². The van der Waals surface area contributed by atoms with Crippen LogP contribution in [0.15, 0.2) is 48.5 Å². The predicted molar refractivity (Wildman–Crippen MR) is 112 cm³/mol. The molecule has 1 saturated heterocycles. The third kappa shape index (κ3) is 5.03. The second kappa shape index (κ2) is 9.57. The Morgan fingerprint density at radius 1 is 1.07 bits per heavy atom. The first-order valence-corrected chi connectivity index (χ1v) is 9.75. The molecular weight excluding hydrogens is 352 g/mol. The number of rotatable bonds is 9. The summed E-state index contributed by atoms with van der Waals surface area (Å²) in [5.41, 5.74) is 9.47. The summed E-state index contributed by atoms with van der Waals surface area (Å²) >= 11 is 0. The Bertz CT molecular complexity index is 759. The average molecular weight is 383 g/mol. The third-order valence-corrected chi connectivity index (χ3v) is 5.22. The Labute approximate surface area is 167 Å². The molecule has 6 heteroatoms. The van der Waals surface area contributed by atoms with Crippen LogP contribution >= 0.6 is 0 Å². The van der Waals surface area contributed by atoms with Crippen LogP contribution < -0.4 is 25.8 Å². The zero-order valence-corrected chi connectivity index (χ0v) is 16.9. The summed E-state index contributed by atoms with van der Waals surface area (Å²) in [6, 6.07) is 16.5. The van der Waals surface area contributed by atoms with Crippen molar-refractivity contribution in [2.24, 2.45) is 5.92 Å². The molecule has 3 N–H and O–H groups in total. The van der Waals surface area contributed by atoms with Crippen molar-refractivity contribution in [3.63, 3.8) is 0 Å². The molecule has 2 aromatic rings. The monoisotopic (exact) mass is 382 g/mol. The molecule has 1 amide bonds. The number of hydrogen-bond donors (Lipinski definition) is 3. The highest BCUT2D eigenvalue weighted by Crippen LogP contribution is 2.30. The highest BCUT2D eigenvalue weighted by atomic mass is 16.5. The van der Waals surface area contributed by atoms with E-state index >= 15 is 0 Å². The first-order chi connectivity index (χ1) is 13.6. The Balaban J connectivity index is 1.47. The minimum Gasteiger partial charge on any atom is -0.497 e. The molecule has 0 saturated carbocycles. The van der Waals surface area contributed by atoms with Gasteiger partial charge in [-0.3, -0.25) is 10.2 Å². The smallest absolute Gasteiger partial charge is 0.239 e. The summed E-state index contributed by atoms with van der Waals surface area (Å²) < 4.78 is 5.18. The molecule has 28 heavy (non-hydrogen) atoms. The summed E-state index contributed by atoms with van der Waals surface area (Å²) in [5.74, 6) is 0.901. The van der Waals surface area contributed by atoms with Crippen LogP contribution in [-0.4, -0.2) is 33.7 Å². The van der Waals surface area contributed by atoms with Crippen molar-refractivity contribution in [1.82, 2.24) is 16.2 Å². The van der Waals surface area contributed by atoms with E-state index in [9.17, 15) is 4.79 Å². The number of ether oxygens (including phenoxy) is 1. The Kier molecular flexibility index (Phi) is 6.90. The molecule has 2 atom stereocenters. The second-order valence-electron chi connectivity index (χ2n) is 7.37. The van der Waals surface area contributed by atoms with Gasteiger partial charge in [0.05, 0.1) is 19.1 Å². The molecule has 6 nitrogen and oxygen atoms in total. The molecule has 0 bridgehead atoms. The molecular formula is C22H30N4O2. The summed E-state index contributed by atoms with van der Waals surface area (Å²) in [4.78, 5) is 14.3. The van der Waals surface area contributed by atoms with Crippen LogP contribution in [0.5, 0.6) is 5.75 Å². The number of amides is 1. The number of anilines is 1. The number of carbonyl (C=O) groups excluding carboxylic acids is 1. The molecule has 0 spiro atoms. The van der Waals surface area contributed by atoms with E-state index in [1.165, 1.54) is 5.56 Å². The second-order valence-corrected chi connectivity index (χ2v) is 7.37. The fourth-order valence-electron chi connectivity index (χ4n) is 3.51. The van der Waals surface area contributed by atoms with Gasteiger partial charge in [0.25, 0.3) is 0 Å². The standard InChI is InChI=1S/C22H30N4O2/c1-26(2)18-10-8-17(9-11-18)21-20(22(27)25-24-21)5-4-14-23-15-16-6-12-19(28-3)13-7-16/h6-13,20-21,23-24H,4-5,14-15H2,1-3H3,(H,25,27). The van der Waals surface area contributed by atoms with E-state index in [0.717, 1.165) is 42.9 Å². The van der Waals surface area contributed by atoms with Crippen molar-refractivity contribution < 1.29 is 9.53 Å². The number of nitrogens with one attached hydrogen (secondary N) is 3. The van der Waals surface area contributed by atoms with Gasteiger partial charge in [-0.2, -0.15) is 0 Å². The van der Waals surface area contributed by atoms with Crippen LogP contribution in [0.4, 0.5) is 5.69 Å². The van der Waals surface area contributed by atoms with Crippen molar-refractivity contribution in [2.45, 2.75) is 25.4 Å².